The Bertz CT molecular complexity index is 1130. The van der Waals surface area contributed by atoms with E-state index < -0.39 is 10.0 Å². The topological polar surface area (TPSA) is 59.5 Å². The number of aromatic nitrogens is 1. The molecule has 1 aromatic heterocycles. The first-order valence-corrected chi connectivity index (χ1v) is 12.1. The Morgan fingerprint density at radius 3 is 2.59 bits per heavy atom. The van der Waals surface area contributed by atoms with Crippen molar-refractivity contribution in [3.8, 4) is 5.19 Å². The third-order valence-electron chi connectivity index (χ3n) is 4.89. The molecule has 5 nitrogen and oxygen atoms in total. The minimum atomic E-state index is -3.45. The van der Waals surface area contributed by atoms with E-state index in [-0.39, 0.29) is 6.10 Å². The molecule has 1 aliphatic heterocycles. The van der Waals surface area contributed by atoms with Gasteiger partial charge in [-0.25, -0.2) is 13.4 Å². The van der Waals surface area contributed by atoms with E-state index in [2.05, 4.69) is 4.98 Å². The van der Waals surface area contributed by atoms with Crippen LogP contribution < -0.4 is 4.74 Å². The summed E-state index contributed by atoms with van der Waals surface area (Å²) in [5, 5.41) is 2.47. The molecule has 3 aromatic rings. The van der Waals surface area contributed by atoms with Crippen LogP contribution in [-0.4, -0.2) is 36.9 Å². The van der Waals surface area contributed by atoms with Gasteiger partial charge in [0.15, 0.2) is 0 Å². The van der Waals surface area contributed by atoms with Crippen LogP contribution in [0.3, 0.4) is 0 Å². The van der Waals surface area contributed by atoms with Crippen LogP contribution in [0.5, 0.6) is 5.19 Å². The van der Waals surface area contributed by atoms with Gasteiger partial charge in [0.25, 0.3) is 5.19 Å². The van der Waals surface area contributed by atoms with Crippen LogP contribution in [-0.2, 0) is 10.0 Å². The molecule has 1 fully saturated rings. The van der Waals surface area contributed by atoms with Crippen molar-refractivity contribution in [1.82, 2.24) is 9.29 Å². The predicted octanol–water partition coefficient (Wildman–Crippen LogP) is 5.10. The van der Waals surface area contributed by atoms with Gasteiger partial charge in [-0.2, -0.15) is 4.31 Å². The standard InChI is InChI=1S/C21H21ClN2O3S2/c1-15-5-7-16(8-6-15)11-14-29(25,26)24-12-9-17(10-13-24)27-21-23-20-18(22)3-2-4-19(20)28-21/h2-8,11,14,17H,9-10,12-13H2,1H3/b14-11+. The highest BCUT2D eigenvalue weighted by Gasteiger charge is 2.28. The van der Waals surface area contributed by atoms with Gasteiger partial charge in [0.1, 0.15) is 11.6 Å². The van der Waals surface area contributed by atoms with Crippen molar-refractivity contribution in [2.45, 2.75) is 25.9 Å². The minimum Gasteiger partial charge on any atom is -0.467 e. The highest BCUT2D eigenvalue weighted by atomic mass is 35.5. The van der Waals surface area contributed by atoms with E-state index in [1.54, 1.807) is 12.1 Å². The summed E-state index contributed by atoms with van der Waals surface area (Å²) in [4.78, 5) is 4.46. The van der Waals surface area contributed by atoms with E-state index in [1.807, 2.05) is 43.3 Å². The number of para-hydroxylation sites is 1. The Kier molecular flexibility index (Phi) is 5.92. The van der Waals surface area contributed by atoms with E-state index in [4.69, 9.17) is 16.3 Å². The van der Waals surface area contributed by atoms with Gasteiger partial charge < -0.3 is 4.74 Å². The second-order valence-corrected chi connectivity index (χ2v) is 10.3. The smallest absolute Gasteiger partial charge is 0.274 e. The summed E-state index contributed by atoms with van der Waals surface area (Å²) in [6.07, 6.45) is 2.84. The molecule has 0 radical (unpaired) electrons. The number of sulfonamides is 1. The predicted molar refractivity (Wildman–Crippen MR) is 119 cm³/mol. The number of aryl methyl sites for hydroxylation is 1. The maximum absolute atomic E-state index is 12.6. The number of rotatable bonds is 5. The number of fused-ring (bicyclic) bond motifs is 1. The number of ether oxygens (including phenoxy) is 1. The summed E-state index contributed by atoms with van der Waals surface area (Å²) in [6, 6.07) is 13.4. The van der Waals surface area contributed by atoms with Crippen molar-refractivity contribution in [3.63, 3.8) is 0 Å². The van der Waals surface area contributed by atoms with Crippen molar-refractivity contribution in [2.75, 3.05) is 13.1 Å². The van der Waals surface area contributed by atoms with Crippen LogP contribution in [0.15, 0.2) is 47.9 Å². The zero-order chi connectivity index (χ0) is 20.4. The molecule has 0 amide bonds. The lowest BCUT2D eigenvalue weighted by Gasteiger charge is -2.29. The quantitative estimate of drug-likeness (QED) is 0.544. The average Bonchev–Trinajstić information content (AvgIpc) is 3.12. The molecule has 4 rings (SSSR count). The molecule has 1 aliphatic rings. The van der Waals surface area contributed by atoms with Gasteiger partial charge in [-0.05, 0) is 43.5 Å². The first-order chi connectivity index (χ1) is 13.9. The summed E-state index contributed by atoms with van der Waals surface area (Å²) in [5.74, 6) is 0. The van der Waals surface area contributed by atoms with Crippen molar-refractivity contribution < 1.29 is 13.2 Å². The summed E-state index contributed by atoms with van der Waals surface area (Å²) in [7, 11) is -3.45. The van der Waals surface area contributed by atoms with Crippen molar-refractivity contribution >= 4 is 49.3 Å². The number of benzene rings is 2. The van der Waals surface area contributed by atoms with Crippen molar-refractivity contribution in [1.29, 1.82) is 0 Å². The average molecular weight is 449 g/mol. The van der Waals surface area contributed by atoms with Crippen LogP contribution in [0, 0.1) is 6.92 Å². The van der Waals surface area contributed by atoms with Gasteiger partial charge in [0, 0.05) is 18.5 Å². The number of hydrogen-bond donors (Lipinski definition) is 0. The molecular weight excluding hydrogens is 428 g/mol. The Morgan fingerprint density at radius 1 is 1.17 bits per heavy atom. The lowest BCUT2D eigenvalue weighted by molar-refractivity contribution is 0.135. The van der Waals surface area contributed by atoms with Crippen molar-refractivity contribution in [2.24, 2.45) is 0 Å². The SMILES string of the molecule is Cc1ccc(/C=C/S(=O)(=O)N2CCC(Oc3nc4c(Cl)cccc4s3)CC2)cc1. The zero-order valence-corrected chi connectivity index (χ0v) is 18.3. The molecule has 2 aromatic carbocycles. The molecule has 0 saturated carbocycles. The van der Waals surface area contributed by atoms with Gasteiger partial charge >= 0.3 is 0 Å². The fourth-order valence-electron chi connectivity index (χ4n) is 3.22. The Hall–Kier alpha value is -1.93. The molecule has 0 unspecified atom stereocenters. The number of thiazole rings is 1. The summed E-state index contributed by atoms with van der Waals surface area (Å²) in [5.41, 5.74) is 2.75. The third kappa shape index (κ3) is 4.80. The summed E-state index contributed by atoms with van der Waals surface area (Å²) < 4.78 is 33.7. The van der Waals surface area contributed by atoms with E-state index in [0.717, 1.165) is 21.3 Å². The second-order valence-electron chi connectivity index (χ2n) is 7.04. The van der Waals surface area contributed by atoms with Gasteiger partial charge in [0.2, 0.25) is 10.0 Å². The largest absolute Gasteiger partial charge is 0.467 e. The Labute approximate surface area is 179 Å². The van der Waals surface area contributed by atoms with Crippen LogP contribution in [0.2, 0.25) is 5.02 Å². The highest BCUT2D eigenvalue weighted by Crippen LogP contribution is 2.33. The van der Waals surface area contributed by atoms with Gasteiger partial charge in [-0.3, -0.25) is 0 Å². The molecule has 0 spiro atoms. The zero-order valence-electron chi connectivity index (χ0n) is 15.9. The normalized spacial score (nSPS) is 16.6. The fraction of sp³-hybridized carbons (Fsp3) is 0.286. The molecule has 0 aliphatic carbocycles. The number of piperidine rings is 1. The molecule has 0 bridgehead atoms. The van der Waals surface area contributed by atoms with Crippen LogP contribution in [0.1, 0.15) is 24.0 Å². The molecule has 152 valence electrons. The maximum Gasteiger partial charge on any atom is 0.274 e. The lowest BCUT2D eigenvalue weighted by atomic mass is 10.1. The van der Waals surface area contributed by atoms with E-state index in [0.29, 0.717) is 36.1 Å². The van der Waals surface area contributed by atoms with Crippen LogP contribution in [0.25, 0.3) is 16.3 Å². The number of hydrogen-bond acceptors (Lipinski definition) is 5. The van der Waals surface area contributed by atoms with E-state index in [1.165, 1.54) is 21.1 Å². The molecule has 8 heteroatoms. The first-order valence-electron chi connectivity index (χ1n) is 9.37. The molecule has 1 saturated heterocycles. The molecule has 29 heavy (non-hydrogen) atoms. The number of nitrogens with zero attached hydrogens (tertiary/aromatic N) is 2. The Morgan fingerprint density at radius 2 is 1.90 bits per heavy atom. The maximum atomic E-state index is 12.6. The molecular formula is C21H21ClN2O3S2. The second kappa shape index (κ2) is 8.44. The molecule has 0 atom stereocenters. The van der Waals surface area contributed by atoms with Crippen LogP contribution in [0.4, 0.5) is 0 Å². The first kappa shape index (κ1) is 20.3. The monoisotopic (exact) mass is 448 g/mol. The van der Waals surface area contributed by atoms with E-state index in [9.17, 15) is 8.42 Å². The minimum absolute atomic E-state index is 0.0538. The Balaban J connectivity index is 1.36. The molecule has 0 N–H and O–H groups in total. The highest BCUT2D eigenvalue weighted by molar-refractivity contribution is 7.92. The van der Waals surface area contributed by atoms with Gasteiger partial charge in [-0.1, -0.05) is 58.8 Å². The molecule has 2 heterocycles. The van der Waals surface area contributed by atoms with Crippen molar-refractivity contribution in [3.05, 3.63) is 64.0 Å². The van der Waals surface area contributed by atoms with Crippen LogP contribution >= 0.6 is 22.9 Å². The van der Waals surface area contributed by atoms with Gasteiger partial charge in [-0.15, -0.1) is 0 Å². The summed E-state index contributed by atoms with van der Waals surface area (Å²) >= 11 is 7.63. The lowest BCUT2D eigenvalue weighted by Crippen LogP contribution is -2.40. The fourth-order valence-corrected chi connectivity index (χ4v) is 5.62. The number of halogens is 1. The van der Waals surface area contributed by atoms with Gasteiger partial charge in [0.05, 0.1) is 9.72 Å². The third-order valence-corrected chi connectivity index (χ3v) is 7.67. The van der Waals surface area contributed by atoms with E-state index >= 15 is 0 Å². The summed E-state index contributed by atoms with van der Waals surface area (Å²) in [6.45, 7) is 2.85.